The van der Waals surface area contributed by atoms with Crippen LogP contribution in [0.5, 0.6) is 11.5 Å². The van der Waals surface area contributed by atoms with E-state index in [2.05, 4.69) is 5.32 Å². The molecule has 0 heterocycles. The van der Waals surface area contributed by atoms with Crippen molar-refractivity contribution in [1.82, 2.24) is 5.32 Å². The number of ether oxygens (including phenoxy) is 2. The van der Waals surface area contributed by atoms with Crippen LogP contribution in [0.4, 0.5) is 4.39 Å². The third kappa shape index (κ3) is 5.26. The van der Waals surface area contributed by atoms with Crippen molar-refractivity contribution in [2.75, 3.05) is 19.8 Å². The Kier molecular flexibility index (Phi) is 6.03. The number of halogens is 2. The number of benzene rings is 2. The van der Waals surface area contributed by atoms with Crippen LogP contribution in [0, 0.1) is 5.82 Å². The fourth-order valence-corrected chi connectivity index (χ4v) is 1.77. The van der Waals surface area contributed by atoms with E-state index >= 15 is 0 Å². The van der Waals surface area contributed by atoms with Crippen LogP contribution < -0.4 is 14.8 Å². The summed E-state index contributed by atoms with van der Waals surface area (Å²) in [6.45, 7) is 0.325. The Morgan fingerprint density at radius 1 is 1.09 bits per heavy atom. The average Bonchev–Trinajstić information content (AvgIpc) is 2.52. The summed E-state index contributed by atoms with van der Waals surface area (Å²) in [6, 6.07) is 12.8. The zero-order valence-corrected chi connectivity index (χ0v) is 12.5. The number of amides is 1. The Balaban J connectivity index is 1.64. The van der Waals surface area contributed by atoms with Gasteiger partial charge < -0.3 is 14.8 Å². The largest absolute Gasteiger partial charge is 0.489 e. The summed E-state index contributed by atoms with van der Waals surface area (Å²) in [5, 5.41) is 3.22. The van der Waals surface area contributed by atoms with E-state index in [-0.39, 0.29) is 31.4 Å². The lowest BCUT2D eigenvalue weighted by atomic mass is 10.3. The molecule has 0 aliphatic rings. The van der Waals surface area contributed by atoms with Crippen molar-refractivity contribution >= 4 is 17.5 Å². The summed E-state index contributed by atoms with van der Waals surface area (Å²) in [5.74, 6) is 0.00306. The van der Waals surface area contributed by atoms with Crippen LogP contribution in [0.25, 0.3) is 0 Å². The van der Waals surface area contributed by atoms with Gasteiger partial charge in [-0.05, 0) is 36.4 Å². The van der Waals surface area contributed by atoms with E-state index in [1.165, 1.54) is 12.1 Å². The lowest BCUT2D eigenvalue weighted by Crippen LogP contribution is -2.32. The van der Waals surface area contributed by atoms with Crippen LogP contribution >= 0.6 is 11.6 Å². The van der Waals surface area contributed by atoms with E-state index < -0.39 is 5.82 Å². The first-order chi connectivity index (χ1) is 10.6. The third-order valence-corrected chi connectivity index (χ3v) is 2.95. The summed E-state index contributed by atoms with van der Waals surface area (Å²) in [5.41, 5.74) is 0. The van der Waals surface area contributed by atoms with Gasteiger partial charge in [-0.3, -0.25) is 4.79 Å². The Bertz CT molecular complexity index is 619. The number of carbonyl (C=O) groups is 1. The van der Waals surface area contributed by atoms with E-state index in [0.717, 1.165) is 0 Å². The molecule has 2 rings (SSSR count). The minimum Gasteiger partial charge on any atom is -0.489 e. The molecule has 22 heavy (non-hydrogen) atoms. The molecule has 0 unspecified atom stereocenters. The lowest BCUT2D eigenvalue weighted by Gasteiger charge is -2.09. The number of hydrogen-bond donors (Lipinski definition) is 1. The molecule has 2 aromatic carbocycles. The molecular weight excluding hydrogens is 309 g/mol. The second-order valence-electron chi connectivity index (χ2n) is 4.37. The van der Waals surface area contributed by atoms with Gasteiger partial charge in [-0.25, -0.2) is 4.39 Å². The van der Waals surface area contributed by atoms with Gasteiger partial charge in [-0.1, -0.05) is 23.7 Å². The molecular formula is C16H15ClFNO3. The van der Waals surface area contributed by atoms with Crippen LogP contribution in [0.1, 0.15) is 0 Å². The third-order valence-electron chi connectivity index (χ3n) is 2.70. The van der Waals surface area contributed by atoms with Gasteiger partial charge in [0, 0.05) is 5.02 Å². The van der Waals surface area contributed by atoms with Crippen LogP contribution in [0.15, 0.2) is 48.5 Å². The fraction of sp³-hybridized carbons (Fsp3) is 0.188. The van der Waals surface area contributed by atoms with Gasteiger partial charge >= 0.3 is 0 Å². The first-order valence-corrected chi connectivity index (χ1v) is 7.05. The maximum Gasteiger partial charge on any atom is 0.258 e. The molecule has 0 atom stereocenters. The molecule has 4 nitrogen and oxygen atoms in total. The molecule has 0 saturated carbocycles. The predicted octanol–water partition coefficient (Wildman–Crippen LogP) is 3.05. The lowest BCUT2D eigenvalue weighted by molar-refractivity contribution is -0.123. The van der Waals surface area contributed by atoms with Gasteiger partial charge in [0.15, 0.2) is 18.2 Å². The van der Waals surface area contributed by atoms with Crippen molar-refractivity contribution in [3.8, 4) is 11.5 Å². The molecule has 2 aromatic rings. The second kappa shape index (κ2) is 8.24. The van der Waals surface area contributed by atoms with Gasteiger partial charge in [0.1, 0.15) is 12.4 Å². The first-order valence-electron chi connectivity index (χ1n) is 6.67. The number of rotatable bonds is 7. The molecule has 116 valence electrons. The number of hydrogen-bond acceptors (Lipinski definition) is 3. The maximum absolute atomic E-state index is 13.3. The monoisotopic (exact) mass is 323 g/mol. The van der Waals surface area contributed by atoms with Crippen molar-refractivity contribution < 1.29 is 18.7 Å². The molecule has 0 aliphatic heterocycles. The summed E-state index contributed by atoms with van der Waals surface area (Å²) < 4.78 is 23.8. The van der Waals surface area contributed by atoms with Crippen LogP contribution in [0.2, 0.25) is 5.02 Å². The average molecular weight is 324 g/mol. The van der Waals surface area contributed by atoms with Crippen molar-refractivity contribution in [1.29, 1.82) is 0 Å². The van der Waals surface area contributed by atoms with Crippen LogP contribution in [-0.2, 0) is 4.79 Å². The van der Waals surface area contributed by atoms with E-state index in [1.54, 1.807) is 36.4 Å². The zero-order chi connectivity index (χ0) is 15.8. The molecule has 0 fully saturated rings. The predicted molar refractivity (Wildman–Crippen MR) is 81.9 cm³/mol. The highest BCUT2D eigenvalue weighted by Crippen LogP contribution is 2.15. The smallest absolute Gasteiger partial charge is 0.258 e. The Hall–Kier alpha value is -2.27. The summed E-state index contributed by atoms with van der Waals surface area (Å²) in [6.07, 6.45) is 0. The van der Waals surface area contributed by atoms with Crippen molar-refractivity contribution in [3.05, 3.63) is 59.4 Å². The summed E-state index contributed by atoms with van der Waals surface area (Å²) in [4.78, 5) is 11.6. The van der Waals surface area contributed by atoms with E-state index in [1.807, 2.05) is 0 Å². The first kappa shape index (κ1) is 16.1. The Labute approximate surface area is 132 Å². The number of nitrogens with one attached hydrogen (secondary N) is 1. The van der Waals surface area contributed by atoms with Gasteiger partial charge in [-0.15, -0.1) is 0 Å². The highest BCUT2D eigenvalue weighted by Gasteiger charge is 2.04. The van der Waals surface area contributed by atoms with Gasteiger partial charge in [0.25, 0.3) is 5.91 Å². The van der Waals surface area contributed by atoms with Crippen molar-refractivity contribution in [2.24, 2.45) is 0 Å². The molecule has 0 spiro atoms. The topological polar surface area (TPSA) is 47.6 Å². The van der Waals surface area contributed by atoms with Gasteiger partial charge in [0.05, 0.1) is 6.54 Å². The zero-order valence-electron chi connectivity index (χ0n) is 11.7. The standard InChI is InChI=1S/C16H15ClFNO3/c17-12-5-7-13(8-6-12)22-11-16(20)19-9-10-21-15-4-2-1-3-14(15)18/h1-8H,9-11H2,(H,19,20). The summed E-state index contributed by atoms with van der Waals surface area (Å²) in [7, 11) is 0. The van der Waals surface area contributed by atoms with Gasteiger partial charge in [-0.2, -0.15) is 0 Å². The second-order valence-corrected chi connectivity index (χ2v) is 4.81. The molecule has 0 aromatic heterocycles. The van der Waals surface area contributed by atoms with Crippen LogP contribution in [-0.4, -0.2) is 25.7 Å². The molecule has 6 heteroatoms. The molecule has 1 amide bonds. The maximum atomic E-state index is 13.3. The van der Waals surface area contributed by atoms with Crippen molar-refractivity contribution in [2.45, 2.75) is 0 Å². The highest BCUT2D eigenvalue weighted by molar-refractivity contribution is 6.30. The summed E-state index contributed by atoms with van der Waals surface area (Å²) >= 11 is 5.75. The highest BCUT2D eigenvalue weighted by atomic mass is 35.5. The molecule has 1 N–H and O–H groups in total. The molecule has 0 aliphatic carbocycles. The molecule has 0 saturated heterocycles. The number of carbonyl (C=O) groups excluding carboxylic acids is 1. The van der Waals surface area contributed by atoms with Gasteiger partial charge in [0.2, 0.25) is 0 Å². The molecule has 0 bridgehead atoms. The molecule has 0 radical (unpaired) electrons. The normalized spacial score (nSPS) is 10.1. The Morgan fingerprint density at radius 2 is 1.82 bits per heavy atom. The SMILES string of the molecule is O=C(COc1ccc(Cl)cc1)NCCOc1ccccc1F. The minimum absolute atomic E-state index is 0.110. The van der Waals surface area contributed by atoms with Crippen molar-refractivity contribution in [3.63, 3.8) is 0 Å². The van der Waals surface area contributed by atoms with Crippen LogP contribution in [0.3, 0.4) is 0 Å². The minimum atomic E-state index is -0.431. The van der Waals surface area contributed by atoms with E-state index in [0.29, 0.717) is 10.8 Å². The Morgan fingerprint density at radius 3 is 2.55 bits per heavy atom. The number of para-hydroxylation sites is 1. The quantitative estimate of drug-likeness (QED) is 0.797. The van der Waals surface area contributed by atoms with E-state index in [9.17, 15) is 9.18 Å². The fourth-order valence-electron chi connectivity index (χ4n) is 1.64. The van der Waals surface area contributed by atoms with E-state index in [4.69, 9.17) is 21.1 Å².